The molecule has 2 saturated heterocycles. The smallest absolute Gasteiger partial charge is 0.136 e. The number of nitrogens with zero attached hydrogens (tertiary/aromatic N) is 3. The van der Waals surface area contributed by atoms with Crippen LogP contribution in [0.5, 0.6) is 0 Å². The molecule has 1 atom stereocenters. The number of fused-ring (bicyclic) bond motifs is 1. The van der Waals surface area contributed by atoms with Gasteiger partial charge in [-0.05, 0) is 32.4 Å². The lowest BCUT2D eigenvalue weighted by Gasteiger charge is -2.24. The minimum Gasteiger partial charge on any atom is -0.386 e. The molecule has 0 aliphatic carbocycles. The molecule has 0 saturated carbocycles. The SMILES string of the molecule is CNc1cnc(N2CCC(N3CCCC3)C2)c2ccccc12. The van der Waals surface area contributed by atoms with E-state index in [4.69, 9.17) is 4.98 Å². The first kappa shape index (κ1) is 13.8. The molecular weight excluding hydrogens is 272 g/mol. The van der Waals surface area contributed by atoms with Gasteiger partial charge >= 0.3 is 0 Å². The number of anilines is 2. The molecule has 22 heavy (non-hydrogen) atoms. The van der Waals surface area contributed by atoms with Crippen molar-refractivity contribution in [2.24, 2.45) is 0 Å². The van der Waals surface area contributed by atoms with E-state index in [-0.39, 0.29) is 0 Å². The van der Waals surface area contributed by atoms with Gasteiger partial charge in [-0.15, -0.1) is 0 Å². The summed E-state index contributed by atoms with van der Waals surface area (Å²) in [5.74, 6) is 1.15. The summed E-state index contributed by atoms with van der Waals surface area (Å²) < 4.78 is 0. The Morgan fingerprint density at radius 1 is 1.09 bits per heavy atom. The molecule has 2 aliphatic heterocycles. The number of hydrogen-bond donors (Lipinski definition) is 1. The lowest BCUT2D eigenvalue weighted by Crippen LogP contribution is -2.35. The zero-order chi connectivity index (χ0) is 14.9. The highest BCUT2D eigenvalue weighted by Gasteiger charge is 2.30. The largest absolute Gasteiger partial charge is 0.386 e. The van der Waals surface area contributed by atoms with Crippen LogP contribution >= 0.6 is 0 Å². The normalized spacial score (nSPS) is 22.6. The van der Waals surface area contributed by atoms with Crippen molar-refractivity contribution in [3.8, 4) is 0 Å². The molecule has 0 radical (unpaired) electrons. The summed E-state index contributed by atoms with van der Waals surface area (Å²) >= 11 is 0. The average Bonchev–Trinajstić information content (AvgIpc) is 3.24. The van der Waals surface area contributed by atoms with Crippen molar-refractivity contribution in [3.63, 3.8) is 0 Å². The third kappa shape index (κ3) is 2.31. The van der Waals surface area contributed by atoms with Gasteiger partial charge in [0.15, 0.2) is 0 Å². The minimum atomic E-state index is 0.715. The fraction of sp³-hybridized carbons (Fsp3) is 0.500. The molecule has 1 aromatic carbocycles. The van der Waals surface area contributed by atoms with E-state index in [0.29, 0.717) is 6.04 Å². The van der Waals surface area contributed by atoms with Crippen LogP contribution in [-0.2, 0) is 0 Å². The van der Waals surface area contributed by atoms with Gasteiger partial charge in [0.25, 0.3) is 0 Å². The van der Waals surface area contributed by atoms with E-state index in [0.717, 1.165) is 24.6 Å². The fourth-order valence-corrected chi connectivity index (χ4v) is 3.97. The molecule has 116 valence electrons. The third-order valence-corrected chi connectivity index (χ3v) is 5.16. The van der Waals surface area contributed by atoms with E-state index >= 15 is 0 Å². The maximum Gasteiger partial charge on any atom is 0.136 e. The Bertz CT molecular complexity index is 663. The third-order valence-electron chi connectivity index (χ3n) is 5.16. The van der Waals surface area contributed by atoms with Gasteiger partial charge in [-0.3, -0.25) is 4.90 Å². The Morgan fingerprint density at radius 3 is 2.64 bits per heavy atom. The van der Waals surface area contributed by atoms with Crippen LogP contribution in [0.3, 0.4) is 0 Å². The van der Waals surface area contributed by atoms with Crippen LogP contribution in [0.15, 0.2) is 30.5 Å². The van der Waals surface area contributed by atoms with Gasteiger partial charge in [0, 0.05) is 37.0 Å². The molecule has 3 heterocycles. The quantitative estimate of drug-likeness (QED) is 0.943. The Labute approximate surface area is 132 Å². The highest BCUT2D eigenvalue weighted by Crippen LogP contribution is 2.32. The van der Waals surface area contributed by atoms with Gasteiger partial charge in [0.2, 0.25) is 0 Å². The van der Waals surface area contributed by atoms with Crippen LogP contribution in [-0.4, -0.2) is 49.2 Å². The summed E-state index contributed by atoms with van der Waals surface area (Å²) in [6.45, 7) is 4.81. The molecule has 4 nitrogen and oxygen atoms in total. The zero-order valence-electron chi connectivity index (χ0n) is 13.3. The Kier molecular flexibility index (Phi) is 3.62. The highest BCUT2D eigenvalue weighted by molar-refractivity contribution is 6.00. The van der Waals surface area contributed by atoms with Crippen molar-refractivity contribution in [2.75, 3.05) is 43.4 Å². The van der Waals surface area contributed by atoms with Crippen molar-refractivity contribution in [2.45, 2.75) is 25.3 Å². The Hall–Kier alpha value is -1.81. The Morgan fingerprint density at radius 2 is 1.86 bits per heavy atom. The second kappa shape index (κ2) is 5.76. The summed E-state index contributed by atoms with van der Waals surface area (Å²) in [5, 5.41) is 5.78. The summed E-state index contributed by atoms with van der Waals surface area (Å²) in [6.07, 6.45) is 5.98. The summed E-state index contributed by atoms with van der Waals surface area (Å²) in [7, 11) is 1.96. The fourth-order valence-electron chi connectivity index (χ4n) is 3.97. The molecule has 1 N–H and O–H groups in total. The standard InChI is InChI=1S/C18H24N4/c1-19-17-12-20-18(16-7-3-2-6-15(16)17)22-11-8-14(13-22)21-9-4-5-10-21/h2-3,6-7,12,14,19H,4-5,8-11,13H2,1H3. The molecule has 2 aliphatic rings. The van der Waals surface area contributed by atoms with E-state index < -0.39 is 0 Å². The van der Waals surface area contributed by atoms with E-state index in [1.807, 2.05) is 13.2 Å². The Balaban J connectivity index is 1.64. The number of hydrogen-bond acceptors (Lipinski definition) is 4. The maximum atomic E-state index is 4.77. The summed E-state index contributed by atoms with van der Waals surface area (Å²) in [4.78, 5) is 9.91. The zero-order valence-corrected chi connectivity index (χ0v) is 13.3. The van der Waals surface area contributed by atoms with Crippen LogP contribution in [0.2, 0.25) is 0 Å². The first-order valence-corrected chi connectivity index (χ1v) is 8.41. The average molecular weight is 296 g/mol. The molecule has 1 unspecified atom stereocenters. The number of nitrogens with one attached hydrogen (secondary N) is 1. The molecule has 2 aromatic rings. The molecule has 2 fully saturated rings. The highest BCUT2D eigenvalue weighted by atomic mass is 15.3. The summed E-state index contributed by atoms with van der Waals surface area (Å²) in [5.41, 5.74) is 1.11. The van der Waals surface area contributed by atoms with Gasteiger partial charge < -0.3 is 10.2 Å². The van der Waals surface area contributed by atoms with Crippen LogP contribution < -0.4 is 10.2 Å². The number of rotatable bonds is 3. The topological polar surface area (TPSA) is 31.4 Å². The molecular formula is C18H24N4. The lowest BCUT2D eigenvalue weighted by molar-refractivity contribution is 0.260. The number of pyridine rings is 1. The first-order valence-electron chi connectivity index (χ1n) is 8.41. The van der Waals surface area contributed by atoms with E-state index in [9.17, 15) is 0 Å². The molecule has 0 amide bonds. The van der Waals surface area contributed by atoms with Crippen molar-refractivity contribution in [3.05, 3.63) is 30.5 Å². The van der Waals surface area contributed by atoms with Gasteiger partial charge in [0.1, 0.15) is 5.82 Å². The minimum absolute atomic E-state index is 0.715. The van der Waals surface area contributed by atoms with Crippen molar-refractivity contribution in [1.82, 2.24) is 9.88 Å². The number of likely N-dealkylation sites (tertiary alicyclic amines) is 1. The second-order valence-corrected chi connectivity index (χ2v) is 6.42. The van der Waals surface area contributed by atoms with Crippen molar-refractivity contribution in [1.29, 1.82) is 0 Å². The predicted octanol–water partition coefficient (Wildman–Crippen LogP) is 2.95. The van der Waals surface area contributed by atoms with E-state index in [1.165, 1.54) is 43.1 Å². The molecule has 4 heteroatoms. The molecule has 4 rings (SSSR count). The predicted molar refractivity (Wildman–Crippen MR) is 92.7 cm³/mol. The molecule has 0 bridgehead atoms. The van der Waals surface area contributed by atoms with E-state index in [2.05, 4.69) is 39.4 Å². The maximum absolute atomic E-state index is 4.77. The van der Waals surface area contributed by atoms with Gasteiger partial charge in [-0.2, -0.15) is 0 Å². The lowest BCUT2D eigenvalue weighted by atomic mass is 10.1. The van der Waals surface area contributed by atoms with Crippen LogP contribution in [0.25, 0.3) is 10.8 Å². The van der Waals surface area contributed by atoms with Crippen LogP contribution in [0.1, 0.15) is 19.3 Å². The first-order chi connectivity index (χ1) is 10.9. The number of benzene rings is 1. The van der Waals surface area contributed by atoms with Crippen molar-refractivity contribution >= 4 is 22.3 Å². The van der Waals surface area contributed by atoms with Crippen LogP contribution in [0, 0.1) is 0 Å². The van der Waals surface area contributed by atoms with Crippen LogP contribution in [0.4, 0.5) is 11.5 Å². The molecule has 1 aromatic heterocycles. The van der Waals surface area contributed by atoms with Gasteiger partial charge in [0.05, 0.1) is 11.9 Å². The summed E-state index contributed by atoms with van der Waals surface area (Å²) in [6, 6.07) is 9.31. The van der Waals surface area contributed by atoms with Gasteiger partial charge in [-0.1, -0.05) is 24.3 Å². The molecule has 0 spiro atoms. The van der Waals surface area contributed by atoms with E-state index in [1.54, 1.807) is 0 Å². The van der Waals surface area contributed by atoms with Gasteiger partial charge in [-0.25, -0.2) is 4.98 Å². The second-order valence-electron chi connectivity index (χ2n) is 6.42. The number of aromatic nitrogens is 1. The monoisotopic (exact) mass is 296 g/mol. The van der Waals surface area contributed by atoms with Crippen molar-refractivity contribution < 1.29 is 0 Å².